The summed E-state index contributed by atoms with van der Waals surface area (Å²) in [7, 11) is 0. The SMILES string of the molecule is N[C@@H](CC(=O)[O-])c1ccc(Cl)cc1. The third-order valence-corrected chi connectivity index (χ3v) is 1.94. The summed E-state index contributed by atoms with van der Waals surface area (Å²) in [5.74, 6) is -1.15. The number of aliphatic carboxylic acids is 1. The van der Waals surface area contributed by atoms with E-state index in [1.165, 1.54) is 0 Å². The molecule has 0 spiro atoms. The first-order valence-electron chi connectivity index (χ1n) is 3.80. The summed E-state index contributed by atoms with van der Waals surface area (Å²) in [6.07, 6.45) is -0.179. The molecular formula is C9H9ClNO2-. The second-order valence-corrected chi connectivity index (χ2v) is 3.17. The smallest absolute Gasteiger partial charge is 0.0433 e. The molecule has 70 valence electrons. The largest absolute Gasteiger partial charge is 0.550 e. The van der Waals surface area contributed by atoms with Crippen molar-refractivity contribution >= 4 is 17.6 Å². The Morgan fingerprint density at radius 3 is 2.46 bits per heavy atom. The molecule has 0 fully saturated rings. The summed E-state index contributed by atoms with van der Waals surface area (Å²) in [6.45, 7) is 0. The molecule has 0 saturated heterocycles. The van der Waals surface area contributed by atoms with Gasteiger partial charge in [-0.2, -0.15) is 0 Å². The highest BCUT2D eigenvalue weighted by Gasteiger charge is 2.05. The molecule has 1 aromatic rings. The lowest BCUT2D eigenvalue weighted by atomic mass is 10.1. The van der Waals surface area contributed by atoms with Gasteiger partial charge >= 0.3 is 0 Å². The second-order valence-electron chi connectivity index (χ2n) is 2.73. The molecule has 0 aliphatic carbocycles. The molecule has 0 amide bonds. The minimum Gasteiger partial charge on any atom is -0.550 e. The Balaban J connectivity index is 2.71. The molecule has 0 aromatic heterocycles. The third kappa shape index (κ3) is 3.05. The van der Waals surface area contributed by atoms with E-state index in [-0.39, 0.29) is 6.42 Å². The minimum atomic E-state index is -1.15. The highest BCUT2D eigenvalue weighted by molar-refractivity contribution is 6.30. The van der Waals surface area contributed by atoms with E-state index in [0.29, 0.717) is 5.02 Å². The van der Waals surface area contributed by atoms with Gasteiger partial charge in [0.15, 0.2) is 0 Å². The van der Waals surface area contributed by atoms with Gasteiger partial charge in [-0.05, 0) is 17.7 Å². The quantitative estimate of drug-likeness (QED) is 0.768. The fraction of sp³-hybridized carbons (Fsp3) is 0.222. The lowest BCUT2D eigenvalue weighted by Gasteiger charge is -2.12. The van der Waals surface area contributed by atoms with Crippen LogP contribution in [0.5, 0.6) is 0 Å². The van der Waals surface area contributed by atoms with Crippen molar-refractivity contribution in [1.82, 2.24) is 0 Å². The topological polar surface area (TPSA) is 66.2 Å². The fourth-order valence-electron chi connectivity index (χ4n) is 1.01. The summed E-state index contributed by atoms with van der Waals surface area (Å²) in [6, 6.07) is 6.23. The molecule has 1 rings (SSSR count). The number of carboxylic acids is 1. The second kappa shape index (κ2) is 4.25. The van der Waals surface area contributed by atoms with Crippen LogP contribution in [0, 0.1) is 0 Å². The standard InChI is InChI=1S/C9H10ClNO2/c10-7-3-1-6(2-4-7)8(11)5-9(12)13/h1-4,8H,5,11H2,(H,12,13)/p-1/t8-/m0/s1. The zero-order valence-electron chi connectivity index (χ0n) is 6.87. The maximum Gasteiger partial charge on any atom is 0.0433 e. The van der Waals surface area contributed by atoms with Crippen LogP contribution in [0.2, 0.25) is 5.02 Å². The van der Waals surface area contributed by atoms with Crippen molar-refractivity contribution in [2.24, 2.45) is 5.73 Å². The first-order chi connectivity index (χ1) is 6.09. The summed E-state index contributed by atoms with van der Waals surface area (Å²) in [5.41, 5.74) is 6.33. The zero-order chi connectivity index (χ0) is 9.84. The van der Waals surface area contributed by atoms with Crippen LogP contribution in [0.3, 0.4) is 0 Å². The number of hydrogen-bond donors (Lipinski definition) is 1. The lowest BCUT2D eigenvalue weighted by Crippen LogP contribution is -2.27. The molecule has 0 aliphatic heterocycles. The number of benzene rings is 1. The molecule has 0 saturated carbocycles. The molecular weight excluding hydrogens is 190 g/mol. The summed E-state index contributed by atoms with van der Waals surface area (Å²) in [5, 5.41) is 10.8. The molecule has 2 N–H and O–H groups in total. The zero-order valence-corrected chi connectivity index (χ0v) is 7.62. The van der Waals surface area contributed by atoms with Gasteiger partial charge in [-0.1, -0.05) is 23.7 Å². The maximum atomic E-state index is 10.2. The fourth-order valence-corrected chi connectivity index (χ4v) is 1.13. The Kier molecular flexibility index (Phi) is 3.28. The number of nitrogens with two attached hydrogens (primary N) is 1. The molecule has 1 aromatic carbocycles. The predicted molar refractivity (Wildman–Crippen MR) is 48.0 cm³/mol. The van der Waals surface area contributed by atoms with Crippen LogP contribution in [0.1, 0.15) is 18.0 Å². The Labute approximate surface area is 81.1 Å². The van der Waals surface area contributed by atoms with Crippen LogP contribution in [0.4, 0.5) is 0 Å². The van der Waals surface area contributed by atoms with Gasteiger partial charge in [-0.15, -0.1) is 0 Å². The van der Waals surface area contributed by atoms with Crippen LogP contribution in [0.15, 0.2) is 24.3 Å². The van der Waals surface area contributed by atoms with E-state index in [0.717, 1.165) is 5.56 Å². The number of hydrogen-bond acceptors (Lipinski definition) is 3. The first kappa shape index (κ1) is 10.0. The monoisotopic (exact) mass is 198 g/mol. The molecule has 1 atom stereocenters. The minimum absolute atomic E-state index is 0.179. The van der Waals surface area contributed by atoms with Crippen LogP contribution >= 0.6 is 11.6 Å². The van der Waals surface area contributed by atoms with Crippen molar-refractivity contribution in [3.05, 3.63) is 34.9 Å². The highest BCUT2D eigenvalue weighted by Crippen LogP contribution is 2.16. The number of halogens is 1. The highest BCUT2D eigenvalue weighted by atomic mass is 35.5. The molecule has 13 heavy (non-hydrogen) atoms. The van der Waals surface area contributed by atoms with E-state index in [9.17, 15) is 9.90 Å². The van der Waals surface area contributed by atoms with E-state index < -0.39 is 12.0 Å². The maximum absolute atomic E-state index is 10.2. The molecule has 0 heterocycles. The van der Waals surface area contributed by atoms with Gasteiger partial charge in [0, 0.05) is 23.5 Å². The third-order valence-electron chi connectivity index (χ3n) is 1.68. The average Bonchev–Trinajstić information content (AvgIpc) is 2.04. The van der Waals surface area contributed by atoms with Crippen molar-refractivity contribution in [1.29, 1.82) is 0 Å². The van der Waals surface area contributed by atoms with Gasteiger partial charge in [-0.25, -0.2) is 0 Å². The summed E-state index contributed by atoms with van der Waals surface area (Å²) in [4.78, 5) is 10.2. The molecule has 4 heteroatoms. The van der Waals surface area contributed by atoms with Gasteiger partial charge in [0.2, 0.25) is 0 Å². The molecule has 0 radical (unpaired) electrons. The van der Waals surface area contributed by atoms with Crippen molar-refractivity contribution in [3.63, 3.8) is 0 Å². The number of carboxylic acid groups (broad SMARTS) is 1. The van der Waals surface area contributed by atoms with E-state index >= 15 is 0 Å². The Hall–Kier alpha value is -1.06. The molecule has 0 bridgehead atoms. The normalized spacial score (nSPS) is 12.5. The number of rotatable bonds is 3. The predicted octanol–water partition coefficient (Wildman–Crippen LogP) is 0.480. The van der Waals surface area contributed by atoms with Crippen LogP contribution in [0.25, 0.3) is 0 Å². The van der Waals surface area contributed by atoms with E-state index in [4.69, 9.17) is 17.3 Å². The van der Waals surface area contributed by atoms with Gasteiger partial charge in [0.05, 0.1) is 0 Å². The molecule has 0 aliphatic rings. The van der Waals surface area contributed by atoms with E-state index in [1.54, 1.807) is 24.3 Å². The lowest BCUT2D eigenvalue weighted by molar-refractivity contribution is -0.306. The van der Waals surface area contributed by atoms with Gasteiger partial charge in [-0.3, -0.25) is 0 Å². The summed E-state index contributed by atoms with van der Waals surface area (Å²) < 4.78 is 0. The van der Waals surface area contributed by atoms with Gasteiger partial charge in [0.1, 0.15) is 0 Å². The van der Waals surface area contributed by atoms with Crippen molar-refractivity contribution in [2.75, 3.05) is 0 Å². The number of carbonyl (C=O) groups excluding carboxylic acids is 1. The first-order valence-corrected chi connectivity index (χ1v) is 4.18. The van der Waals surface area contributed by atoms with Crippen LogP contribution < -0.4 is 10.8 Å². The van der Waals surface area contributed by atoms with Crippen molar-refractivity contribution < 1.29 is 9.90 Å². The Bertz CT molecular complexity index is 297. The Morgan fingerprint density at radius 1 is 1.46 bits per heavy atom. The van der Waals surface area contributed by atoms with Crippen molar-refractivity contribution in [2.45, 2.75) is 12.5 Å². The van der Waals surface area contributed by atoms with Crippen LogP contribution in [-0.2, 0) is 4.79 Å². The number of carbonyl (C=O) groups is 1. The van der Waals surface area contributed by atoms with Gasteiger partial charge in [0.25, 0.3) is 0 Å². The average molecular weight is 199 g/mol. The van der Waals surface area contributed by atoms with E-state index in [1.807, 2.05) is 0 Å². The Morgan fingerprint density at radius 2 is 2.00 bits per heavy atom. The van der Waals surface area contributed by atoms with Crippen molar-refractivity contribution in [3.8, 4) is 0 Å². The van der Waals surface area contributed by atoms with Crippen LogP contribution in [-0.4, -0.2) is 5.97 Å². The van der Waals surface area contributed by atoms with E-state index in [2.05, 4.69) is 0 Å². The summed E-state index contributed by atoms with van der Waals surface area (Å²) >= 11 is 5.65. The van der Waals surface area contributed by atoms with Gasteiger partial charge < -0.3 is 15.6 Å². The molecule has 0 unspecified atom stereocenters. The molecule has 3 nitrogen and oxygen atoms in total.